The molecule has 0 saturated carbocycles. The van der Waals surface area contributed by atoms with E-state index in [1.165, 1.54) is 11.2 Å². The average molecular weight is 343 g/mol. The number of carbonyl (C=O) groups is 2. The molecule has 1 aliphatic heterocycles. The lowest BCUT2D eigenvalue weighted by atomic mass is 10.1. The molecule has 1 saturated heterocycles. The Morgan fingerprint density at radius 2 is 2.08 bits per heavy atom. The predicted molar refractivity (Wildman–Crippen MR) is 91.2 cm³/mol. The SMILES string of the molecule is Cc1ccc(C(=O)N(CC(=O)Nc2ccon2)C[C@H]2CCCO2)cc1. The molecular formula is C18H21N3O4. The minimum atomic E-state index is -0.327. The van der Waals surface area contributed by atoms with Gasteiger partial charge < -0.3 is 19.5 Å². The molecule has 2 heterocycles. The number of hydrogen-bond donors (Lipinski definition) is 1. The van der Waals surface area contributed by atoms with Gasteiger partial charge in [-0.05, 0) is 31.9 Å². The van der Waals surface area contributed by atoms with Gasteiger partial charge in [-0.3, -0.25) is 9.59 Å². The van der Waals surface area contributed by atoms with Gasteiger partial charge in [0.05, 0.1) is 6.10 Å². The molecule has 7 heteroatoms. The zero-order valence-corrected chi connectivity index (χ0v) is 14.1. The van der Waals surface area contributed by atoms with Crippen molar-refractivity contribution in [1.82, 2.24) is 10.1 Å². The van der Waals surface area contributed by atoms with Crippen LogP contribution in [0.15, 0.2) is 41.1 Å². The first-order chi connectivity index (χ1) is 12.1. The summed E-state index contributed by atoms with van der Waals surface area (Å²) in [4.78, 5) is 26.6. The van der Waals surface area contributed by atoms with E-state index in [4.69, 9.17) is 9.26 Å². The van der Waals surface area contributed by atoms with Crippen LogP contribution < -0.4 is 5.32 Å². The van der Waals surface area contributed by atoms with Crippen molar-refractivity contribution < 1.29 is 18.8 Å². The number of aromatic nitrogens is 1. The summed E-state index contributed by atoms with van der Waals surface area (Å²) < 4.78 is 10.3. The molecule has 0 radical (unpaired) electrons. The Balaban J connectivity index is 1.70. The zero-order valence-electron chi connectivity index (χ0n) is 14.1. The first-order valence-electron chi connectivity index (χ1n) is 8.29. The van der Waals surface area contributed by atoms with E-state index in [1.54, 1.807) is 18.2 Å². The Bertz CT molecular complexity index is 706. The fourth-order valence-electron chi connectivity index (χ4n) is 2.76. The third-order valence-electron chi connectivity index (χ3n) is 4.07. The Labute approximate surface area is 145 Å². The van der Waals surface area contributed by atoms with Crippen molar-refractivity contribution in [2.45, 2.75) is 25.9 Å². The van der Waals surface area contributed by atoms with Gasteiger partial charge in [0.2, 0.25) is 5.91 Å². The van der Waals surface area contributed by atoms with Gasteiger partial charge in [0, 0.05) is 24.8 Å². The number of amides is 2. The van der Waals surface area contributed by atoms with E-state index in [1.807, 2.05) is 19.1 Å². The fourth-order valence-corrected chi connectivity index (χ4v) is 2.76. The third-order valence-corrected chi connectivity index (χ3v) is 4.07. The molecular weight excluding hydrogens is 322 g/mol. The second-order valence-electron chi connectivity index (χ2n) is 6.12. The van der Waals surface area contributed by atoms with Crippen molar-refractivity contribution in [3.63, 3.8) is 0 Å². The molecule has 1 fully saturated rings. The third kappa shape index (κ3) is 4.67. The highest BCUT2D eigenvalue weighted by atomic mass is 16.5. The van der Waals surface area contributed by atoms with Gasteiger partial charge in [0.15, 0.2) is 5.82 Å². The molecule has 1 atom stereocenters. The molecule has 2 aromatic rings. The van der Waals surface area contributed by atoms with E-state index < -0.39 is 0 Å². The van der Waals surface area contributed by atoms with Crippen molar-refractivity contribution >= 4 is 17.6 Å². The summed E-state index contributed by atoms with van der Waals surface area (Å²) in [5, 5.41) is 6.26. The number of rotatable bonds is 6. The Morgan fingerprint density at radius 1 is 1.28 bits per heavy atom. The van der Waals surface area contributed by atoms with E-state index in [0.717, 1.165) is 18.4 Å². The van der Waals surface area contributed by atoms with Gasteiger partial charge in [-0.25, -0.2) is 0 Å². The smallest absolute Gasteiger partial charge is 0.254 e. The van der Waals surface area contributed by atoms with Crippen LogP contribution >= 0.6 is 0 Å². The Hall–Kier alpha value is -2.67. The highest BCUT2D eigenvalue weighted by Gasteiger charge is 2.25. The van der Waals surface area contributed by atoms with Gasteiger partial charge >= 0.3 is 0 Å². The quantitative estimate of drug-likeness (QED) is 0.869. The van der Waals surface area contributed by atoms with Gasteiger partial charge in [-0.1, -0.05) is 22.9 Å². The predicted octanol–water partition coefficient (Wildman–Crippen LogP) is 2.24. The molecule has 0 bridgehead atoms. The van der Waals surface area contributed by atoms with Gasteiger partial charge in [-0.15, -0.1) is 0 Å². The van der Waals surface area contributed by atoms with Crippen molar-refractivity contribution in [3.8, 4) is 0 Å². The van der Waals surface area contributed by atoms with Crippen LogP contribution in [0.4, 0.5) is 5.82 Å². The summed E-state index contributed by atoms with van der Waals surface area (Å²) >= 11 is 0. The average Bonchev–Trinajstić information content (AvgIpc) is 3.28. The highest BCUT2D eigenvalue weighted by molar-refractivity contribution is 5.99. The first kappa shape index (κ1) is 17.2. The monoisotopic (exact) mass is 343 g/mol. The molecule has 7 nitrogen and oxygen atoms in total. The van der Waals surface area contributed by atoms with Crippen LogP contribution in [0.2, 0.25) is 0 Å². The fraction of sp³-hybridized carbons (Fsp3) is 0.389. The van der Waals surface area contributed by atoms with Crippen LogP contribution in [0.1, 0.15) is 28.8 Å². The highest BCUT2D eigenvalue weighted by Crippen LogP contribution is 2.16. The molecule has 1 aromatic carbocycles. The van der Waals surface area contributed by atoms with Crippen molar-refractivity contribution in [2.75, 3.05) is 25.0 Å². The lowest BCUT2D eigenvalue weighted by molar-refractivity contribution is -0.117. The summed E-state index contributed by atoms with van der Waals surface area (Å²) in [7, 11) is 0. The number of hydrogen-bond acceptors (Lipinski definition) is 5. The Kier molecular flexibility index (Phi) is 5.45. The van der Waals surface area contributed by atoms with Crippen LogP contribution in [-0.2, 0) is 9.53 Å². The summed E-state index contributed by atoms with van der Waals surface area (Å²) in [6, 6.07) is 8.86. The molecule has 3 rings (SSSR count). The van der Waals surface area contributed by atoms with Crippen molar-refractivity contribution in [1.29, 1.82) is 0 Å². The van der Waals surface area contributed by atoms with Crippen molar-refractivity contribution in [3.05, 3.63) is 47.7 Å². The number of benzene rings is 1. The van der Waals surface area contributed by atoms with E-state index in [2.05, 4.69) is 10.5 Å². The summed E-state index contributed by atoms with van der Waals surface area (Å²) in [6.45, 7) is 2.98. The number of ether oxygens (including phenoxy) is 1. The summed E-state index contributed by atoms with van der Waals surface area (Å²) in [5.41, 5.74) is 1.63. The van der Waals surface area contributed by atoms with E-state index >= 15 is 0 Å². The number of aryl methyl sites for hydroxylation is 1. The second-order valence-corrected chi connectivity index (χ2v) is 6.12. The number of carbonyl (C=O) groups excluding carboxylic acids is 2. The van der Waals surface area contributed by atoms with E-state index in [9.17, 15) is 9.59 Å². The molecule has 25 heavy (non-hydrogen) atoms. The maximum atomic E-state index is 12.8. The maximum Gasteiger partial charge on any atom is 0.254 e. The molecule has 0 unspecified atom stereocenters. The van der Waals surface area contributed by atoms with Crippen LogP contribution in [0.5, 0.6) is 0 Å². The van der Waals surface area contributed by atoms with E-state index in [0.29, 0.717) is 24.5 Å². The minimum Gasteiger partial charge on any atom is -0.376 e. The van der Waals surface area contributed by atoms with Gasteiger partial charge in [0.1, 0.15) is 12.8 Å². The normalized spacial score (nSPS) is 16.6. The molecule has 1 N–H and O–H groups in total. The molecule has 0 aliphatic carbocycles. The number of anilines is 1. The standard InChI is InChI=1S/C18H21N3O4/c1-13-4-6-14(7-5-13)18(23)21(11-15-3-2-9-24-15)12-17(22)19-16-8-10-25-20-16/h4-8,10,15H,2-3,9,11-12H2,1H3,(H,19,20,22)/t15-/m1/s1. The number of nitrogens with one attached hydrogen (secondary N) is 1. The topological polar surface area (TPSA) is 84.7 Å². The second kappa shape index (κ2) is 7.94. The molecule has 2 amide bonds. The molecule has 1 aliphatic rings. The lowest BCUT2D eigenvalue weighted by Crippen LogP contribution is -2.42. The molecule has 1 aromatic heterocycles. The summed E-state index contributed by atoms with van der Waals surface area (Å²) in [5.74, 6) is -0.192. The van der Waals surface area contributed by atoms with Crippen molar-refractivity contribution in [2.24, 2.45) is 0 Å². The van der Waals surface area contributed by atoms with Crippen LogP contribution in [0.25, 0.3) is 0 Å². The zero-order chi connectivity index (χ0) is 17.6. The molecule has 0 spiro atoms. The maximum absolute atomic E-state index is 12.8. The van der Waals surface area contributed by atoms with Crippen LogP contribution in [0.3, 0.4) is 0 Å². The first-order valence-corrected chi connectivity index (χ1v) is 8.29. The number of nitrogens with zero attached hydrogens (tertiary/aromatic N) is 2. The lowest BCUT2D eigenvalue weighted by Gasteiger charge is -2.25. The van der Waals surface area contributed by atoms with Gasteiger partial charge in [-0.2, -0.15) is 0 Å². The minimum absolute atomic E-state index is 0.0331. The van der Waals surface area contributed by atoms with Crippen LogP contribution in [0, 0.1) is 6.92 Å². The van der Waals surface area contributed by atoms with Crippen LogP contribution in [-0.4, -0.2) is 47.7 Å². The van der Waals surface area contributed by atoms with E-state index in [-0.39, 0.29) is 24.5 Å². The van der Waals surface area contributed by atoms with Gasteiger partial charge in [0.25, 0.3) is 5.91 Å². The molecule has 132 valence electrons. The summed E-state index contributed by atoms with van der Waals surface area (Å²) in [6.07, 6.45) is 3.21. The largest absolute Gasteiger partial charge is 0.376 e. The Morgan fingerprint density at radius 3 is 2.72 bits per heavy atom.